The lowest BCUT2D eigenvalue weighted by Gasteiger charge is -2.30. The van der Waals surface area contributed by atoms with Crippen LogP contribution in [0.15, 0.2) is 15.9 Å². The van der Waals surface area contributed by atoms with E-state index in [1.165, 1.54) is 9.35 Å². The van der Waals surface area contributed by atoms with E-state index in [0.717, 1.165) is 13.0 Å². The third-order valence-electron chi connectivity index (χ3n) is 2.76. The second-order valence-corrected chi connectivity index (χ2v) is 5.63. The van der Waals surface area contributed by atoms with Crippen LogP contribution in [0.5, 0.6) is 0 Å². The van der Waals surface area contributed by atoms with E-state index in [1.807, 2.05) is 7.05 Å². The molecule has 1 aromatic rings. The minimum Gasteiger partial charge on any atom is -0.376 e. The molecular formula is C11H16BrNO2S. The average Bonchev–Trinajstić information content (AvgIpc) is 2.73. The van der Waals surface area contributed by atoms with Gasteiger partial charge in [0.05, 0.1) is 25.9 Å². The van der Waals surface area contributed by atoms with E-state index in [4.69, 9.17) is 9.47 Å². The monoisotopic (exact) mass is 305 g/mol. The maximum absolute atomic E-state index is 5.72. The summed E-state index contributed by atoms with van der Waals surface area (Å²) in [7, 11) is 1.98. The third kappa shape index (κ3) is 3.05. The molecule has 0 aromatic carbocycles. The largest absolute Gasteiger partial charge is 0.376 e. The molecule has 0 spiro atoms. The topological polar surface area (TPSA) is 30.5 Å². The first kappa shape index (κ1) is 12.5. The fourth-order valence-corrected chi connectivity index (χ4v) is 3.40. The predicted octanol–water partition coefficient (Wildman–Crippen LogP) is 2.06. The van der Waals surface area contributed by atoms with Gasteiger partial charge in [-0.2, -0.15) is 0 Å². The highest BCUT2D eigenvalue weighted by Crippen LogP contribution is 2.25. The first-order valence-corrected chi connectivity index (χ1v) is 7.07. The molecular weight excluding hydrogens is 290 g/mol. The molecule has 2 rings (SSSR count). The van der Waals surface area contributed by atoms with Crippen molar-refractivity contribution in [3.63, 3.8) is 0 Å². The highest BCUT2D eigenvalue weighted by atomic mass is 79.9. The summed E-state index contributed by atoms with van der Waals surface area (Å²) in [6.45, 7) is 2.11. The quantitative estimate of drug-likeness (QED) is 0.923. The number of nitrogens with one attached hydrogen (secondary N) is 1. The van der Waals surface area contributed by atoms with Crippen LogP contribution in [0.4, 0.5) is 0 Å². The SMILES string of the molecule is CNC(Cc1sccc1Br)C1COCCO1. The van der Waals surface area contributed by atoms with E-state index >= 15 is 0 Å². The van der Waals surface area contributed by atoms with Crippen molar-refractivity contribution in [1.29, 1.82) is 0 Å². The number of thiophene rings is 1. The van der Waals surface area contributed by atoms with E-state index in [9.17, 15) is 0 Å². The van der Waals surface area contributed by atoms with E-state index in [1.54, 1.807) is 11.3 Å². The van der Waals surface area contributed by atoms with Crippen molar-refractivity contribution >= 4 is 27.3 Å². The zero-order valence-corrected chi connectivity index (χ0v) is 11.6. The Balaban J connectivity index is 1.97. The molecule has 1 aliphatic rings. The Labute approximate surface area is 108 Å². The van der Waals surface area contributed by atoms with Gasteiger partial charge in [0.15, 0.2) is 0 Å². The van der Waals surface area contributed by atoms with Gasteiger partial charge in [-0.25, -0.2) is 0 Å². The number of likely N-dealkylation sites (N-methyl/N-ethyl adjacent to an activating group) is 1. The van der Waals surface area contributed by atoms with Crippen LogP contribution in [0.25, 0.3) is 0 Å². The fraction of sp³-hybridized carbons (Fsp3) is 0.636. The summed E-state index contributed by atoms with van der Waals surface area (Å²) < 4.78 is 12.4. The standard InChI is InChI=1S/C11H16BrNO2S/c1-13-9(10-7-14-3-4-15-10)6-11-8(12)2-5-16-11/h2,5,9-10,13H,3-4,6-7H2,1H3. The van der Waals surface area contributed by atoms with Crippen LogP contribution in [0.3, 0.4) is 0 Å². The first-order valence-electron chi connectivity index (χ1n) is 5.39. The second-order valence-electron chi connectivity index (χ2n) is 3.78. The number of hydrogen-bond acceptors (Lipinski definition) is 4. The highest BCUT2D eigenvalue weighted by molar-refractivity contribution is 9.10. The van der Waals surface area contributed by atoms with Crippen LogP contribution in [0, 0.1) is 0 Å². The molecule has 2 atom stereocenters. The normalized spacial score (nSPS) is 23.2. The molecule has 2 unspecified atom stereocenters. The minimum atomic E-state index is 0.160. The van der Waals surface area contributed by atoms with Gasteiger partial charge in [-0.15, -0.1) is 11.3 Å². The number of rotatable bonds is 4. The summed E-state index contributed by atoms with van der Waals surface area (Å²) >= 11 is 5.33. The van der Waals surface area contributed by atoms with Crippen LogP contribution >= 0.6 is 27.3 Å². The Morgan fingerprint density at radius 2 is 2.50 bits per heavy atom. The smallest absolute Gasteiger partial charge is 0.0965 e. The predicted molar refractivity (Wildman–Crippen MR) is 69.1 cm³/mol. The molecule has 3 nitrogen and oxygen atoms in total. The Morgan fingerprint density at radius 3 is 3.06 bits per heavy atom. The first-order chi connectivity index (χ1) is 7.81. The van der Waals surface area contributed by atoms with Gasteiger partial charge in [0.2, 0.25) is 0 Å². The lowest BCUT2D eigenvalue weighted by molar-refractivity contribution is -0.100. The second kappa shape index (κ2) is 6.12. The lowest BCUT2D eigenvalue weighted by Crippen LogP contribution is -2.46. The van der Waals surface area contributed by atoms with Gasteiger partial charge in [-0.1, -0.05) is 0 Å². The zero-order chi connectivity index (χ0) is 11.4. The van der Waals surface area contributed by atoms with Crippen molar-refractivity contribution in [2.24, 2.45) is 0 Å². The summed E-state index contributed by atoms with van der Waals surface area (Å²) in [5, 5.41) is 5.42. The van der Waals surface area contributed by atoms with Gasteiger partial charge < -0.3 is 14.8 Å². The van der Waals surface area contributed by atoms with Crippen LogP contribution in [-0.2, 0) is 15.9 Å². The molecule has 0 amide bonds. The average molecular weight is 306 g/mol. The molecule has 5 heteroatoms. The molecule has 90 valence electrons. The van der Waals surface area contributed by atoms with Gasteiger partial charge in [-0.05, 0) is 34.4 Å². The van der Waals surface area contributed by atoms with E-state index in [2.05, 4.69) is 32.7 Å². The van der Waals surface area contributed by atoms with Crippen LogP contribution in [0.2, 0.25) is 0 Å². The summed E-state index contributed by atoms with van der Waals surface area (Å²) in [4.78, 5) is 1.36. The van der Waals surface area contributed by atoms with E-state index < -0.39 is 0 Å². The van der Waals surface area contributed by atoms with E-state index in [-0.39, 0.29) is 6.10 Å². The summed E-state index contributed by atoms with van der Waals surface area (Å²) in [6.07, 6.45) is 1.13. The van der Waals surface area contributed by atoms with Crippen molar-refractivity contribution in [3.8, 4) is 0 Å². The Kier molecular flexibility index (Phi) is 4.79. The minimum absolute atomic E-state index is 0.160. The Morgan fingerprint density at radius 1 is 1.62 bits per heavy atom. The number of halogens is 1. The fourth-order valence-electron chi connectivity index (χ4n) is 1.83. The van der Waals surface area contributed by atoms with Gasteiger partial charge >= 0.3 is 0 Å². The zero-order valence-electron chi connectivity index (χ0n) is 9.24. The molecule has 1 aromatic heterocycles. The van der Waals surface area contributed by atoms with E-state index in [0.29, 0.717) is 19.3 Å². The van der Waals surface area contributed by atoms with Gasteiger partial charge in [0.25, 0.3) is 0 Å². The van der Waals surface area contributed by atoms with Gasteiger partial charge in [0.1, 0.15) is 0 Å². The van der Waals surface area contributed by atoms with Crippen LogP contribution < -0.4 is 5.32 Å². The maximum Gasteiger partial charge on any atom is 0.0965 e. The van der Waals surface area contributed by atoms with Crippen LogP contribution in [0.1, 0.15) is 4.88 Å². The molecule has 1 saturated heterocycles. The summed E-state index contributed by atoms with van der Waals surface area (Å²) in [5.74, 6) is 0. The molecule has 1 aliphatic heterocycles. The van der Waals surface area contributed by atoms with Crippen molar-refractivity contribution in [2.75, 3.05) is 26.9 Å². The lowest BCUT2D eigenvalue weighted by atomic mass is 10.1. The molecule has 0 aliphatic carbocycles. The molecule has 2 heterocycles. The molecule has 16 heavy (non-hydrogen) atoms. The Bertz CT molecular complexity index is 326. The Hall–Kier alpha value is 0.0600. The summed E-state index contributed by atoms with van der Waals surface area (Å²) in [5.41, 5.74) is 0. The maximum atomic E-state index is 5.72. The molecule has 1 fully saturated rings. The van der Waals surface area contributed by atoms with Crippen molar-refractivity contribution in [2.45, 2.75) is 18.6 Å². The van der Waals surface area contributed by atoms with Crippen molar-refractivity contribution in [1.82, 2.24) is 5.32 Å². The third-order valence-corrected chi connectivity index (χ3v) is 4.71. The van der Waals surface area contributed by atoms with Crippen molar-refractivity contribution in [3.05, 3.63) is 20.8 Å². The highest BCUT2D eigenvalue weighted by Gasteiger charge is 2.24. The summed E-state index contributed by atoms with van der Waals surface area (Å²) in [6, 6.07) is 2.40. The van der Waals surface area contributed by atoms with Gasteiger partial charge in [0, 0.05) is 21.8 Å². The molecule has 0 bridgehead atoms. The molecule has 0 saturated carbocycles. The molecule has 0 radical (unpaired) electrons. The number of ether oxygens (including phenoxy) is 2. The van der Waals surface area contributed by atoms with Crippen LogP contribution in [-0.4, -0.2) is 39.0 Å². The van der Waals surface area contributed by atoms with Crippen molar-refractivity contribution < 1.29 is 9.47 Å². The molecule has 1 N–H and O–H groups in total. The number of hydrogen-bond donors (Lipinski definition) is 1. The van der Waals surface area contributed by atoms with Gasteiger partial charge in [-0.3, -0.25) is 0 Å².